The molecule has 5 rings (SSSR count). The molecule has 8 nitrogen and oxygen atoms in total. The number of rotatable bonds is 6. The van der Waals surface area contributed by atoms with Gasteiger partial charge in [0.15, 0.2) is 0 Å². The molecule has 162 valence electrons. The lowest BCUT2D eigenvalue weighted by Crippen LogP contribution is -2.25. The van der Waals surface area contributed by atoms with Crippen molar-refractivity contribution in [1.82, 2.24) is 23.7 Å². The molecule has 0 saturated heterocycles. The number of carbonyl (C=O) groups is 1. The van der Waals surface area contributed by atoms with Crippen LogP contribution in [0.4, 0.5) is 0 Å². The number of nitrogens with zero attached hydrogens (tertiary/aromatic N) is 5. The van der Waals surface area contributed by atoms with Gasteiger partial charge in [-0.2, -0.15) is 0 Å². The fraction of sp³-hybridized carbons (Fsp3) is 0.391. The van der Waals surface area contributed by atoms with Gasteiger partial charge in [-0.3, -0.25) is 18.9 Å². The molecule has 4 aromatic rings. The molecule has 0 spiro atoms. The van der Waals surface area contributed by atoms with Gasteiger partial charge in [-0.25, -0.2) is 9.78 Å². The highest BCUT2D eigenvalue weighted by Gasteiger charge is 2.28. The molecule has 2 N–H and O–H groups in total. The number of aromatic nitrogens is 5. The second-order valence-electron chi connectivity index (χ2n) is 7.93. The summed E-state index contributed by atoms with van der Waals surface area (Å²) in [6, 6.07) is 10.6. The van der Waals surface area contributed by atoms with E-state index in [0.29, 0.717) is 12.6 Å². The lowest BCUT2D eigenvalue weighted by Gasteiger charge is -2.08. The van der Waals surface area contributed by atoms with E-state index < -0.39 is 0 Å². The molecular weight excluding hydrogens is 392 g/mol. The first-order valence-electron chi connectivity index (χ1n) is 10.8. The summed E-state index contributed by atoms with van der Waals surface area (Å²) in [6.07, 6.45) is 7.54. The standard InChI is InChI=1S/C21H23N5O.C2H5NO/c1-2-12-24-17-6-4-3-5-16(17)23-20(24)10-13-25-19-14-22-11-9-18(19)26(21(25)27)15-7-8-15;1-2(3)4/h3-6,9,11,14-15H,2,7-8,10,12-13H2,1H3;1H3,(H2,3,4). The Morgan fingerprint density at radius 1 is 1.10 bits per heavy atom. The van der Waals surface area contributed by atoms with Crippen LogP contribution in [0.25, 0.3) is 22.1 Å². The SMILES string of the molecule is CC(N)=O.CCCn1c(CCn2c(=O)n(C3CC3)c3ccncc32)nc2ccccc21. The fourth-order valence-corrected chi connectivity index (χ4v) is 4.03. The van der Waals surface area contributed by atoms with E-state index in [4.69, 9.17) is 4.98 Å². The zero-order valence-corrected chi connectivity index (χ0v) is 18.0. The van der Waals surface area contributed by atoms with Gasteiger partial charge in [-0.05, 0) is 37.5 Å². The molecule has 1 aliphatic rings. The summed E-state index contributed by atoms with van der Waals surface area (Å²) < 4.78 is 6.11. The van der Waals surface area contributed by atoms with Crippen LogP contribution in [0.2, 0.25) is 0 Å². The highest BCUT2D eigenvalue weighted by molar-refractivity contribution is 5.76. The number of amides is 1. The number of aryl methyl sites for hydroxylation is 3. The van der Waals surface area contributed by atoms with Gasteiger partial charge in [0.25, 0.3) is 0 Å². The summed E-state index contributed by atoms with van der Waals surface area (Å²) in [7, 11) is 0. The third-order valence-electron chi connectivity index (χ3n) is 5.42. The summed E-state index contributed by atoms with van der Waals surface area (Å²) in [4.78, 5) is 31.4. The lowest BCUT2D eigenvalue weighted by atomic mass is 10.3. The molecular formula is C23H28N6O2. The van der Waals surface area contributed by atoms with E-state index in [0.717, 1.165) is 54.6 Å². The minimum Gasteiger partial charge on any atom is -0.370 e. The number of fused-ring (bicyclic) bond motifs is 2. The normalized spacial score (nSPS) is 13.4. The van der Waals surface area contributed by atoms with Crippen molar-refractivity contribution in [3.63, 3.8) is 0 Å². The van der Waals surface area contributed by atoms with E-state index in [1.54, 1.807) is 6.20 Å². The van der Waals surface area contributed by atoms with Gasteiger partial charge >= 0.3 is 5.69 Å². The predicted octanol–water partition coefficient (Wildman–Crippen LogP) is 3.03. The topological polar surface area (TPSA) is 101 Å². The van der Waals surface area contributed by atoms with Gasteiger partial charge < -0.3 is 10.3 Å². The van der Waals surface area contributed by atoms with E-state index in [-0.39, 0.29) is 11.6 Å². The van der Waals surface area contributed by atoms with E-state index in [2.05, 4.69) is 40.4 Å². The number of para-hydroxylation sites is 2. The molecule has 3 aromatic heterocycles. The first-order valence-corrected chi connectivity index (χ1v) is 10.8. The Morgan fingerprint density at radius 3 is 2.55 bits per heavy atom. The fourth-order valence-electron chi connectivity index (χ4n) is 4.03. The summed E-state index contributed by atoms with van der Waals surface area (Å²) in [5.74, 6) is 0.709. The maximum Gasteiger partial charge on any atom is 0.329 e. The van der Waals surface area contributed by atoms with Gasteiger partial charge in [0.1, 0.15) is 5.82 Å². The van der Waals surface area contributed by atoms with Gasteiger partial charge in [0, 0.05) is 38.7 Å². The Bertz CT molecular complexity index is 1270. The van der Waals surface area contributed by atoms with Crippen molar-refractivity contribution in [1.29, 1.82) is 0 Å². The van der Waals surface area contributed by atoms with Crippen LogP contribution in [0.5, 0.6) is 0 Å². The van der Waals surface area contributed by atoms with Crippen molar-refractivity contribution in [2.24, 2.45) is 5.73 Å². The monoisotopic (exact) mass is 420 g/mol. The molecule has 0 aliphatic heterocycles. The number of hydrogen-bond donors (Lipinski definition) is 1. The Kier molecular flexibility index (Phi) is 5.88. The second-order valence-corrected chi connectivity index (χ2v) is 7.93. The molecule has 31 heavy (non-hydrogen) atoms. The molecule has 0 bridgehead atoms. The number of benzene rings is 1. The number of hydrogen-bond acceptors (Lipinski definition) is 4. The van der Waals surface area contributed by atoms with Gasteiger partial charge in [0.2, 0.25) is 5.91 Å². The van der Waals surface area contributed by atoms with E-state index in [1.165, 1.54) is 12.4 Å². The Morgan fingerprint density at radius 2 is 1.84 bits per heavy atom. The van der Waals surface area contributed by atoms with E-state index in [1.807, 2.05) is 27.5 Å². The van der Waals surface area contributed by atoms with Crippen LogP contribution in [0, 0.1) is 0 Å². The van der Waals surface area contributed by atoms with Crippen LogP contribution in [0.1, 0.15) is 45.0 Å². The zero-order chi connectivity index (χ0) is 22.0. The molecule has 0 atom stereocenters. The van der Waals surface area contributed by atoms with Crippen molar-refractivity contribution in [2.45, 2.75) is 58.7 Å². The summed E-state index contributed by atoms with van der Waals surface area (Å²) in [5, 5.41) is 0. The third kappa shape index (κ3) is 4.23. The van der Waals surface area contributed by atoms with Crippen LogP contribution < -0.4 is 11.4 Å². The number of nitrogens with two attached hydrogens (primary N) is 1. The molecule has 1 fully saturated rings. The van der Waals surface area contributed by atoms with Gasteiger partial charge in [0.05, 0.1) is 28.3 Å². The van der Waals surface area contributed by atoms with Gasteiger partial charge in [-0.15, -0.1) is 0 Å². The Balaban J connectivity index is 0.000000535. The van der Waals surface area contributed by atoms with Crippen molar-refractivity contribution < 1.29 is 4.79 Å². The van der Waals surface area contributed by atoms with Crippen LogP contribution in [-0.4, -0.2) is 29.6 Å². The van der Waals surface area contributed by atoms with Crippen molar-refractivity contribution in [3.8, 4) is 0 Å². The van der Waals surface area contributed by atoms with Crippen molar-refractivity contribution >= 4 is 28.0 Å². The lowest BCUT2D eigenvalue weighted by molar-refractivity contribution is -0.115. The van der Waals surface area contributed by atoms with Crippen LogP contribution in [-0.2, 0) is 24.3 Å². The Labute approximate surface area is 180 Å². The highest BCUT2D eigenvalue weighted by Crippen LogP contribution is 2.36. The van der Waals surface area contributed by atoms with Crippen LogP contribution >= 0.6 is 0 Å². The number of pyridine rings is 1. The molecule has 1 amide bonds. The molecule has 1 aromatic carbocycles. The molecule has 3 heterocycles. The number of primary amides is 1. The maximum atomic E-state index is 13.0. The van der Waals surface area contributed by atoms with Gasteiger partial charge in [-0.1, -0.05) is 19.1 Å². The Hall–Kier alpha value is -3.42. The minimum absolute atomic E-state index is 0.0821. The third-order valence-corrected chi connectivity index (χ3v) is 5.42. The first-order chi connectivity index (χ1) is 15.0. The molecule has 0 unspecified atom stereocenters. The maximum absolute atomic E-state index is 13.0. The van der Waals surface area contributed by atoms with Crippen LogP contribution in [0.3, 0.4) is 0 Å². The van der Waals surface area contributed by atoms with Crippen molar-refractivity contribution in [2.75, 3.05) is 0 Å². The molecule has 0 radical (unpaired) electrons. The molecule has 1 saturated carbocycles. The molecule has 1 aliphatic carbocycles. The number of carbonyl (C=O) groups excluding carboxylic acids is 1. The molecule has 8 heteroatoms. The zero-order valence-electron chi connectivity index (χ0n) is 18.0. The minimum atomic E-state index is -0.333. The summed E-state index contributed by atoms with van der Waals surface area (Å²) in [6.45, 7) is 5.04. The average Bonchev–Trinajstić information content (AvgIpc) is 3.46. The quantitative estimate of drug-likeness (QED) is 0.518. The summed E-state index contributed by atoms with van der Waals surface area (Å²) in [5.41, 5.74) is 8.67. The van der Waals surface area contributed by atoms with E-state index in [9.17, 15) is 9.59 Å². The van der Waals surface area contributed by atoms with Crippen molar-refractivity contribution in [3.05, 3.63) is 59.0 Å². The van der Waals surface area contributed by atoms with E-state index >= 15 is 0 Å². The summed E-state index contributed by atoms with van der Waals surface area (Å²) >= 11 is 0. The van der Waals surface area contributed by atoms with Crippen LogP contribution in [0.15, 0.2) is 47.5 Å². The first kappa shape index (κ1) is 20.8. The largest absolute Gasteiger partial charge is 0.370 e. The smallest absolute Gasteiger partial charge is 0.329 e. The highest BCUT2D eigenvalue weighted by atomic mass is 16.2. The average molecular weight is 421 g/mol. The number of imidazole rings is 2. The predicted molar refractivity (Wildman–Crippen MR) is 121 cm³/mol. The second kappa shape index (κ2) is 8.75.